The number of amides is 1. The van der Waals surface area contributed by atoms with Crippen LogP contribution in [0.5, 0.6) is 5.75 Å². The number of unbranched alkanes of at least 4 members (excludes halogenated alkanes) is 1. The van der Waals surface area contributed by atoms with Gasteiger partial charge in [0.05, 0.1) is 24.6 Å². The summed E-state index contributed by atoms with van der Waals surface area (Å²) in [7, 11) is 1.57. The average molecular weight is 345 g/mol. The maximum Gasteiger partial charge on any atom is 0.326 e. The first-order chi connectivity index (χ1) is 12.0. The molecule has 2 N–H and O–H groups in total. The fourth-order valence-electron chi connectivity index (χ4n) is 2.58. The number of benzene rings is 1. The lowest BCUT2D eigenvalue weighted by Gasteiger charge is -2.14. The van der Waals surface area contributed by atoms with Crippen molar-refractivity contribution in [2.75, 3.05) is 7.11 Å². The summed E-state index contributed by atoms with van der Waals surface area (Å²) in [6.07, 6.45) is 3.44. The van der Waals surface area contributed by atoms with Gasteiger partial charge in [-0.3, -0.25) is 4.79 Å². The zero-order chi connectivity index (χ0) is 18.4. The monoisotopic (exact) mass is 345 g/mol. The number of ether oxygens (including phenoxy) is 1. The molecule has 0 aliphatic rings. The van der Waals surface area contributed by atoms with Crippen LogP contribution in [0.3, 0.4) is 0 Å². The molecule has 1 heterocycles. The van der Waals surface area contributed by atoms with Crippen molar-refractivity contribution in [3.05, 3.63) is 41.7 Å². The highest BCUT2D eigenvalue weighted by Gasteiger charge is 2.23. The molecule has 0 radical (unpaired) electrons. The van der Waals surface area contributed by atoms with Crippen molar-refractivity contribution in [1.82, 2.24) is 15.1 Å². The van der Waals surface area contributed by atoms with E-state index in [9.17, 15) is 14.7 Å². The summed E-state index contributed by atoms with van der Waals surface area (Å²) in [6.45, 7) is 3.73. The van der Waals surface area contributed by atoms with E-state index in [1.807, 2.05) is 25.1 Å². The van der Waals surface area contributed by atoms with Crippen LogP contribution in [0.25, 0.3) is 5.69 Å². The molecule has 7 heteroatoms. The molecule has 0 saturated carbocycles. The maximum atomic E-state index is 12.5. The molecule has 0 aliphatic carbocycles. The standard InChI is InChI=1S/C18H23N3O4/c1-4-5-8-14(18(23)24)20-17(22)13-11-19-21(12(13)2)15-9-6-7-10-16(15)25-3/h6-7,9-11,14H,4-5,8H2,1-3H3,(H,20,22)(H,23,24). The number of nitrogens with zero attached hydrogens (tertiary/aromatic N) is 2. The largest absolute Gasteiger partial charge is 0.494 e. The maximum absolute atomic E-state index is 12.5. The third-order valence-corrected chi connectivity index (χ3v) is 4.02. The Labute approximate surface area is 146 Å². The van der Waals surface area contributed by atoms with Crippen LogP contribution in [0, 0.1) is 6.92 Å². The molecule has 0 fully saturated rings. The van der Waals surface area contributed by atoms with Crippen LogP contribution in [-0.2, 0) is 4.79 Å². The Hall–Kier alpha value is -2.83. The highest BCUT2D eigenvalue weighted by Crippen LogP contribution is 2.24. The highest BCUT2D eigenvalue weighted by atomic mass is 16.5. The molecule has 2 rings (SSSR count). The first kappa shape index (κ1) is 18.5. The number of carbonyl (C=O) groups excluding carboxylic acids is 1. The van der Waals surface area contributed by atoms with Crippen molar-refractivity contribution < 1.29 is 19.4 Å². The third kappa shape index (κ3) is 4.17. The Morgan fingerprint density at radius 2 is 2.08 bits per heavy atom. The van der Waals surface area contributed by atoms with Crippen LogP contribution in [0.1, 0.15) is 42.2 Å². The number of aliphatic carboxylic acids is 1. The number of carboxylic acids is 1. The SMILES string of the molecule is CCCCC(NC(=O)c1cnn(-c2ccccc2OC)c1C)C(=O)O. The first-order valence-corrected chi connectivity index (χ1v) is 8.21. The fourth-order valence-corrected chi connectivity index (χ4v) is 2.58. The van der Waals surface area contributed by atoms with Gasteiger partial charge in [-0.15, -0.1) is 0 Å². The lowest BCUT2D eigenvalue weighted by Crippen LogP contribution is -2.40. The second-order valence-corrected chi connectivity index (χ2v) is 5.73. The molecule has 0 spiro atoms. The van der Waals surface area contributed by atoms with Gasteiger partial charge in [0, 0.05) is 0 Å². The Morgan fingerprint density at radius 3 is 2.72 bits per heavy atom. The molecule has 0 aliphatic heterocycles. The molecule has 0 bridgehead atoms. The summed E-state index contributed by atoms with van der Waals surface area (Å²) in [5, 5.41) is 16.1. The number of hydrogen-bond donors (Lipinski definition) is 2. The molecule has 7 nitrogen and oxygen atoms in total. The second-order valence-electron chi connectivity index (χ2n) is 5.73. The number of methoxy groups -OCH3 is 1. The predicted molar refractivity (Wildman–Crippen MR) is 93.3 cm³/mol. The van der Waals surface area contributed by atoms with Gasteiger partial charge in [0.1, 0.15) is 17.5 Å². The van der Waals surface area contributed by atoms with Crippen molar-refractivity contribution >= 4 is 11.9 Å². The van der Waals surface area contributed by atoms with Gasteiger partial charge in [0.15, 0.2) is 0 Å². The Kier molecular flexibility index (Phi) is 6.16. The van der Waals surface area contributed by atoms with E-state index in [0.717, 1.165) is 12.8 Å². The summed E-state index contributed by atoms with van der Waals surface area (Å²) in [4.78, 5) is 23.8. The number of para-hydroxylation sites is 2. The van der Waals surface area contributed by atoms with Gasteiger partial charge in [0.2, 0.25) is 0 Å². The molecular weight excluding hydrogens is 322 g/mol. The number of hydrogen-bond acceptors (Lipinski definition) is 4. The average Bonchev–Trinajstić information content (AvgIpc) is 2.99. The Morgan fingerprint density at radius 1 is 1.36 bits per heavy atom. The number of aromatic nitrogens is 2. The minimum atomic E-state index is -1.03. The summed E-state index contributed by atoms with van der Waals surface area (Å²) >= 11 is 0. The second kappa shape index (κ2) is 8.32. The summed E-state index contributed by atoms with van der Waals surface area (Å²) in [5.41, 5.74) is 1.66. The Bertz CT molecular complexity index is 755. The number of carbonyl (C=O) groups is 2. The molecule has 2 aromatic rings. The molecule has 1 unspecified atom stereocenters. The van der Waals surface area contributed by atoms with Crippen LogP contribution in [0.4, 0.5) is 0 Å². The van der Waals surface area contributed by atoms with Gasteiger partial charge in [-0.1, -0.05) is 31.9 Å². The van der Waals surface area contributed by atoms with E-state index >= 15 is 0 Å². The van der Waals surface area contributed by atoms with Crippen molar-refractivity contribution in [2.45, 2.75) is 39.2 Å². The summed E-state index contributed by atoms with van der Waals surface area (Å²) in [6, 6.07) is 6.44. The molecule has 25 heavy (non-hydrogen) atoms. The van der Waals surface area contributed by atoms with Crippen molar-refractivity contribution in [2.24, 2.45) is 0 Å². The van der Waals surface area contributed by atoms with Crippen LogP contribution in [0.2, 0.25) is 0 Å². The fraction of sp³-hybridized carbons (Fsp3) is 0.389. The van der Waals surface area contributed by atoms with Crippen LogP contribution in [-0.4, -0.2) is 39.9 Å². The van der Waals surface area contributed by atoms with E-state index in [4.69, 9.17) is 4.74 Å². The van der Waals surface area contributed by atoms with E-state index in [1.165, 1.54) is 6.20 Å². The van der Waals surface area contributed by atoms with Gasteiger partial charge in [-0.05, 0) is 25.5 Å². The molecule has 134 valence electrons. The number of rotatable bonds is 8. The highest BCUT2D eigenvalue weighted by molar-refractivity contribution is 5.97. The van der Waals surface area contributed by atoms with Crippen LogP contribution in [0.15, 0.2) is 30.5 Å². The lowest BCUT2D eigenvalue weighted by molar-refractivity contribution is -0.139. The Balaban J connectivity index is 2.25. The minimum absolute atomic E-state index is 0.341. The van der Waals surface area contributed by atoms with Crippen LogP contribution < -0.4 is 10.1 Å². The van der Waals surface area contributed by atoms with E-state index in [2.05, 4.69) is 10.4 Å². The van der Waals surface area contributed by atoms with Crippen molar-refractivity contribution in [3.8, 4) is 11.4 Å². The third-order valence-electron chi connectivity index (χ3n) is 4.02. The van der Waals surface area contributed by atoms with Gasteiger partial charge in [0.25, 0.3) is 5.91 Å². The molecular formula is C18H23N3O4. The van der Waals surface area contributed by atoms with E-state index in [0.29, 0.717) is 29.1 Å². The lowest BCUT2D eigenvalue weighted by atomic mass is 10.1. The zero-order valence-corrected chi connectivity index (χ0v) is 14.7. The van der Waals surface area contributed by atoms with Gasteiger partial charge >= 0.3 is 5.97 Å². The smallest absolute Gasteiger partial charge is 0.326 e. The first-order valence-electron chi connectivity index (χ1n) is 8.21. The number of nitrogens with one attached hydrogen (secondary N) is 1. The molecule has 1 aromatic carbocycles. The van der Waals surface area contributed by atoms with E-state index in [1.54, 1.807) is 24.8 Å². The molecule has 1 aromatic heterocycles. The predicted octanol–water partition coefficient (Wildman–Crippen LogP) is 2.56. The van der Waals surface area contributed by atoms with E-state index in [-0.39, 0.29) is 0 Å². The zero-order valence-electron chi connectivity index (χ0n) is 14.7. The minimum Gasteiger partial charge on any atom is -0.494 e. The van der Waals surface area contributed by atoms with Crippen molar-refractivity contribution in [3.63, 3.8) is 0 Å². The normalized spacial score (nSPS) is 11.8. The topological polar surface area (TPSA) is 93.5 Å². The molecule has 1 amide bonds. The van der Waals surface area contributed by atoms with Crippen molar-refractivity contribution in [1.29, 1.82) is 0 Å². The molecule has 0 saturated heterocycles. The van der Waals surface area contributed by atoms with Gasteiger partial charge in [-0.25, -0.2) is 9.48 Å². The number of carboxylic acid groups (broad SMARTS) is 1. The van der Waals surface area contributed by atoms with Gasteiger partial charge < -0.3 is 15.2 Å². The van der Waals surface area contributed by atoms with Crippen LogP contribution >= 0.6 is 0 Å². The van der Waals surface area contributed by atoms with E-state index < -0.39 is 17.9 Å². The summed E-state index contributed by atoms with van der Waals surface area (Å²) in [5.74, 6) is -0.842. The quantitative estimate of drug-likeness (QED) is 0.767. The summed E-state index contributed by atoms with van der Waals surface area (Å²) < 4.78 is 6.93. The molecule has 1 atom stereocenters. The van der Waals surface area contributed by atoms with Gasteiger partial charge in [-0.2, -0.15) is 5.10 Å².